The normalized spacial score (nSPS) is 14.7. The summed E-state index contributed by atoms with van der Waals surface area (Å²) in [6.45, 7) is 8.99. The predicted molar refractivity (Wildman–Crippen MR) is 105 cm³/mol. The number of aromatic nitrogens is 2. The molecule has 1 aromatic heterocycles. The van der Waals surface area contributed by atoms with Gasteiger partial charge in [-0.3, -0.25) is 0 Å². The lowest BCUT2D eigenvalue weighted by atomic mass is 10.2. The van der Waals surface area contributed by atoms with Crippen molar-refractivity contribution < 1.29 is 4.79 Å². The number of amides is 2. The molecule has 26 heavy (non-hydrogen) atoms. The molecule has 2 heterocycles. The molecule has 1 N–H and O–H groups in total. The quantitative estimate of drug-likeness (QED) is 0.885. The Hall–Kier alpha value is -2.34. The van der Waals surface area contributed by atoms with Crippen LogP contribution in [0.4, 0.5) is 16.3 Å². The minimum absolute atomic E-state index is 0.0892. The van der Waals surface area contributed by atoms with Crippen LogP contribution in [0, 0.1) is 6.92 Å². The van der Waals surface area contributed by atoms with E-state index in [0.29, 0.717) is 24.0 Å². The highest BCUT2D eigenvalue weighted by molar-refractivity contribution is 6.30. The molecule has 3 rings (SSSR count). The fraction of sp³-hybridized carbons (Fsp3) is 0.421. The molecule has 138 valence electrons. The Morgan fingerprint density at radius 2 is 1.77 bits per heavy atom. The van der Waals surface area contributed by atoms with Crippen molar-refractivity contribution in [3.8, 4) is 0 Å². The summed E-state index contributed by atoms with van der Waals surface area (Å²) in [5.41, 5.74) is 1.72. The number of nitrogens with zero attached hydrogens (tertiary/aromatic N) is 4. The third-order valence-corrected chi connectivity index (χ3v) is 4.61. The summed E-state index contributed by atoms with van der Waals surface area (Å²) in [6, 6.07) is 9.04. The van der Waals surface area contributed by atoms with Crippen molar-refractivity contribution in [3.63, 3.8) is 0 Å². The van der Waals surface area contributed by atoms with Crippen LogP contribution in [0.5, 0.6) is 0 Å². The highest BCUT2D eigenvalue weighted by Gasteiger charge is 2.22. The zero-order valence-electron chi connectivity index (χ0n) is 15.4. The Morgan fingerprint density at radius 3 is 2.38 bits per heavy atom. The maximum atomic E-state index is 12.4. The van der Waals surface area contributed by atoms with Crippen LogP contribution in [-0.4, -0.2) is 47.1 Å². The predicted octanol–water partition coefficient (Wildman–Crippen LogP) is 3.92. The van der Waals surface area contributed by atoms with E-state index < -0.39 is 0 Å². The molecule has 0 atom stereocenters. The number of aryl methyl sites for hydroxylation is 1. The molecule has 2 aromatic rings. The molecule has 0 unspecified atom stereocenters. The van der Waals surface area contributed by atoms with E-state index in [1.54, 1.807) is 24.3 Å². The number of hydrogen-bond donors (Lipinski definition) is 1. The Balaban J connectivity index is 1.60. The molecule has 1 aromatic carbocycles. The number of urea groups is 1. The van der Waals surface area contributed by atoms with Crippen molar-refractivity contribution in [1.29, 1.82) is 0 Å². The number of benzene rings is 1. The summed E-state index contributed by atoms with van der Waals surface area (Å²) >= 11 is 5.87. The molecule has 0 spiro atoms. The lowest BCUT2D eigenvalue weighted by Crippen LogP contribution is -2.50. The molecule has 0 radical (unpaired) electrons. The Kier molecular flexibility index (Phi) is 5.61. The van der Waals surface area contributed by atoms with Gasteiger partial charge in [-0.25, -0.2) is 14.8 Å². The second-order valence-corrected chi connectivity index (χ2v) is 7.23. The maximum Gasteiger partial charge on any atom is 0.321 e. The van der Waals surface area contributed by atoms with Crippen molar-refractivity contribution in [2.75, 3.05) is 36.4 Å². The number of rotatable bonds is 3. The number of carbonyl (C=O) groups is 1. The first-order chi connectivity index (χ1) is 12.4. The van der Waals surface area contributed by atoms with Gasteiger partial charge in [0, 0.05) is 54.6 Å². The molecule has 7 heteroatoms. The first-order valence-corrected chi connectivity index (χ1v) is 9.22. The average molecular weight is 374 g/mol. The molecule has 1 aliphatic heterocycles. The Labute approximate surface area is 159 Å². The van der Waals surface area contributed by atoms with Crippen molar-refractivity contribution in [1.82, 2.24) is 14.9 Å². The zero-order chi connectivity index (χ0) is 18.7. The molecule has 0 bridgehead atoms. The van der Waals surface area contributed by atoms with Crippen LogP contribution in [0.2, 0.25) is 5.02 Å². The molecule has 0 aliphatic carbocycles. The smallest absolute Gasteiger partial charge is 0.321 e. The summed E-state index contributed by atoms with van der Waals surface area (Å²) < 4.78 is 0. The summed E-state index contributed by atoms with van der Waals surface area (Å²) in [4.78, 5) is 25.7. The van der Waals surface area contributed by atoms with E-state index >= 15 is 0 Å². The molecule has 1 aliphatic rings. The SMILES string of the molecule is Cc1cc(N2CCN(C(=O)Nc3ccc(Cl)cc3)CC2)nc(C(C)C)n1. The molecule has 0 saturated carbocycles. The van der Waals surface area contributed by atoms with E-state index in [1.165, 1.54) is 0 Å². The van der Waals surface area contributed by atoms with Crippen LogP contribution < -0.4 is 10.2 Å². The average Bonchev–Trinajstić information content (AvgIpc) is 2.63. The largest absolute Gasteiger partial charge is 0.353 e. The van der Waals surface area contributed by atoms with Gasteiger partial charge in [-0.1, -0.05) is 25.4 Å². The van der Waals surface area contributed by atoms with Gasteiger partial charge in [-0.2, -0.15) is 0 Å². The highest BCUT2D eigenvalue weighted by Crippen LogP contribution is 2.19. The number of nitrogens with one attached hydrogen (secondary N) is 1. The van der Waals surface area contributed by atoms with Gasteiger partial charge in [0.1, 0.15) is 11.6 Å². The summed E-state index contributed by atoms with van der Waals surface area (Å²) in [7, 11) is 0. The second-order valence-electron chi connectivity index (χ2n) is 6.79. The maximum absolute atomic E-state index is 12.4. The fourth-order valence-corrected chi connectivity index (χ4v) is 3.00. The van der Waals surface area contributed by atoms with E-state index in [4.69, 9.17) is 11.6 Å². The van der Waals surface area contributed by atoms with E-state index in [9.17, 15) is 4.79 Å². The topological polar surface area (TPSA) is 61.4 Å². The molecule has 1 fully saturated rings. The van der Waals surface area contributed by atoms with Crippen molar-refractivity contribution in [2.45, 2.75) is 26.7 Å². The highest BCUT2D eigenvalue weighted by atomic mass is 35.5. The van der Waals surface area contributed by atoms with Crippen LogP contribution in [0.25, 0.3) is 0 Å². The van der Waals surface area contributed by atoms with Crippen LogP contribution in [0.3, 0.4) is 0 Å². The fourth-order valence-electron chi connectivity index (χ4n) is 2.87. The lowest BCUT2D eigenvalue weighted by Gasteiger charge is -2.35. The lowest BCUT2D eigenvalue weighted by molar-refractivity contribution is 0.208. The van der Waals surface area contributed by atoms with Gasteiger partial charge in [0.2, 0.25) is 0 Å². The van der Waals surface area contributed by atoms with Crippen molar-refractivity contribution in [2.24, 2.45) is 0 Å². The summed E-state index contributed by atoms with van der Waals surface area (Å²) in [5, 5.41) is 3.56. The number of anilines is 2. The van der Waals surface area contributed by atoms with Gasteiger partial charge in [-0.15, -0.1) is 0 Å². The van der Waals surface area contributed by atoms with Crippen LogP contribution in [0.15, 0.2) is 30.3 Å². The second kappa shape index (κ2) is 7.91. The number of carbonyl (C=O) groups excluding carboxylic acids is 1. The van der Waals surface area contributed by atoms with E-state index in [1.807, 2.05) is 17.9 Å². The third kappa shape index (κ3) is 4.43. The molecular formula is C19H24ClN5O. The van der Waals surface area contributed by atoms with Crippen LogP contribution >= 0.6 is 11.6 Å². The van der Waals surface area contributed by atoms with E-state index in [0.717, 1.165) is 36.1 Å². The van der Waals surface area contributed by atoms with Gasteiger partial charge in [-0.05, 0) is 31.2 Å². The minimum Gasteiger partial charge on any atom is -0.353 e. The molecule has 1 saturated heterocycles. The molecular weight excluding hydrogens is 350 g/mol. The number of halogens is 1. The van der Waals surface area contributed by atoms with E-state index in [-0.39, 0.29) is 6.03 Å². The van der Waals surface area contributed by atoms with Gasteiger partial charge >= 0.3 is 6.03 Å². The van der Waals surface area contributed by atoms with Crippen molar-refractivity contribution >= 4 is 29.1 Å². The number of piperazine rings is 1. The summed E-state index contributed by atoms with van der Waals surface area (Å²) in [6.07, 6.45) is 0. The van der Waals surface area contributed by atoms with Crippen molar-refractivity contribution in [3.05, 3.63) is 46.9 Å². The van der Waals surface area contributed by atoms with Gasteiger partial charge < -0.3 is 15.1 Å². The van der Waals surface area contributed by atoms with Crippen LogP contribution in [-0.2, 0) is 0 Å². The minimum atomic E-state index is -0.0892. The third-order valence-electron chi connectivity index (χ3n) is 4.36. The molecule has 2 amide bonds. The standard InChI is InChI=1S/C19H24ClN5O/c1-13(2)18-21-14(3)12-17(23-18)24-8-10-25(11-9-24)19(26)22-16-6-4-15(20)5-7-16/h4-7,12-13H,8-11H2,1-3H3,(H,22,26). The monoisotopic (exact) mass is 373 g/mol. The molecule has 6 nitrogen and oxygen atoms in total. The first-order valence-electron chi connectivity index (χ1n) is 8.84. The Morgan fingerprint density at radius 1 is 1.12 bits per heavy atom. The first kappa shape index (κ1) is 18.5. The van der Waals surface area contributed by atoms with Gasteiger partial charge in [0.25, 0.3) is 0 Å². The Bertz CT molecular complexity index is 770. The zero-order valence-corrected chi connectivity index (χ0v) is 16.1. The number of hydrogen-bond acceptors (Lipinski definition) is 4. The van der Waals surface area contributed by atoms with Gasteiger partial charge in [0.05, 0.1) is 0 Å². The van der Waals surface area contributed by atoms with Crippen LogP contribution in [0.1, 0.15) is 31.3 Å². The van der Waals surface area contributed by atoms with Gasteiger partial charge in [0.15, 0.2) is 0 Å². The summed E-state index contributed by atoms with van der Waals surface area (Å²) in [5.74, 6) is 2.10. The van der Waals surface area contributed by atoms with E-state index in [2.05, 4.69) is 34.0 Å².